The van der Waals surface area contributed by atoms with E-state index in [1.54, 1.807) is 6.20 Å². The summed E-state index contributed by atoms with van der Waals surface area (Å²) in [6.07, 6.45) is 3.68. The first kappa shape index (κ1) is 12.6. The minimum Gasteiger partial charge on any atom is -0.313 e. The van der Waals surface area contributed by atoms with Gasteiger partial charge >= 0.3 is 0 Å². The molecule has 17 heavy (non-hydrogen) atoms. The quantitative estimate of drug-likeness (QED) is 0.815. The molecule has 3 atom stereocenters. The third kappa shape index (κ3) is 2.70. The molecule has 0 spiro atoms. The Hall–Kier alpha value is -0.860. The van der Waals surface area contributed by atoms with Crippen LogP contribution in [0.15, 0.2) is 6.20 Å². The fraction of sp³-hybridized carbons (Fsp3) is 0.667. The summed E-state index contributed by atoms with van der Waals surface area (Å²) in [6.45, 7) is 3.40. The van der Waals surface area contributed by atoms with Crippen molar-refractivity contribution in [2.24, 2.45) is 11.8 Å². The van der Waals surface area contributed by atoms with E-state index in [4.69, 9.17) is 5.26 Å². The van der Waals surface area contributed by atoms with E-state index in [9.17, 15) is 0 Å². The van der Waals surface area contributed by atoms with Crippen LogP contribution in [0.25, 0.3) is 0 Å². The lowest BCUT2D eigenvalue weighted by molar-refractivity contribution is 0.158. The first-order valence-corrected chi connectivity index (χ1v) is 7.10. The second-order valence-electron chi connectivity index (χ2n) is 4.71. The number of rotatable bonds is 5. The average molecular weight is 297 g/mol. The lowest BCUT2D eigenvalue weighted by atomic mass is 9.78. The van der Waals surface area contributed by atoms with Gasteiger partial charge in [-0.1, -0.05) is 22.9 Å². The molecule has 2 heterocycles. The number of aromatic amines is 1. The SMILES string of the molecule is C[C@H](CCBr)[C@H]1CNC1Cc1[nH]ncc1C#N. The molecule has 0 aliphatic carbocycles. The molecule has 0 radical (unpaired) electrons. The maximum Gasteiger partial charge on any atom is 0.103 e. The van der Waals surface area contributed by atoms with E-state index in [0.29, 0.717) is 23.4 Å². The molecule has 92 valence electrons. The monoisotopic (exact) mass is 296 g/mol. The maximum atomic E-state index is 8.93. The van der Waals surface area contributed by atoms with Gasteiger partial charge in [0.25, 0.3) is 0 Å². The molecule has 1 aromatic heterocycles. The van der Waals surface area contributed by atoms with E-state index in [-0.39, 0.29) is 0 Å². The average Bonchev–Trinajstić information content (AvgIpc) is 2.71. The van der Waals surface area contributed by atoms with Gasteiger partial charge in [-0.25, -0.2) is 0 Å². The van der Waals surface area contributed by atoms with E-state index in [1.807, 2.05) is 0 Å². The Labute approximate surface area is 110 Å². The maximum absolute atomic E-state index is 8.93. The zero-order valence-corrected chi connectivity index (χ0v) is 11.5. The van der Waals surface area contributed by atoms with Crippen LogP contribution in [0.1, 0.15) is 24.6 Å². The predicted molar refractivity (Wildman–Crippen MR) is 69.9 cm³/mol. The van der Waals surface area contributed by atoms with Gasteiger partial charge in [-0.05, 0) is 24.8 Å². The van der Waals surface area contributed by atoms with Crippen LogP contribution < -0.4 is 5.32 Å². The smallest absolute Gasteiger partial charge is 0.103 e. The van der Waals surface area contributed by atoms with Gasteiger partial charge < -0.3 is 5.32 Å². The lowest BCUT2D eigenvalue weighted by Gasteiger charge is -2.42. The van der Waals surface area contributed by atoms with Crippen molar-refractivity contribution >= 4 is 15.9 Å². The van der Waals surface area contributed by atoms with Gasteiger partial charge in [0, 0.05) is 17.8 Å². The predicted octanol–water partition coefficient (Wildman–Crippen LogP) is 1.83. The Morgan fingerprint density at radius 1 is 1.71 bits per heavy atom. The van der Waals surface area contributed by atoms with Crippen LogP contribution in [-0.2, 0) is 6.42 Å². The van der Waals surface area contributed by atoms with Crippen LogP contribution in [0.2, 0.25) is 0 Å². The van der Waals surface area contributed by atoms with Gasteiger partial charge in [0.05, 0.1) is 17.5 Å². The Morgan fingerprint density at radius 2 is 2.53 bits per heavy atom. The van der Waals surface area contributed by atoms with E-state index in [2.05, 4.69) is 44.4 Å². The summed E-state index contributed by atoms with van der Waals surface area (Å²) in [5.74, 6) is 1.43. The molecule has 1 saturated heterocycles. The van der Waals surface area contributed by atoms with Crippen LogP contribution in [0.3, 0.4) is 0 Å². The number of nitrogens with one attached hydrogen (secondary N) is 2. The zero-order valence-electron chi connectivity index (χ0n) is 9.91. The molecular formula is C12H17BrN4. The second-order valence-corrected chi connectivity index (χ2v) is 5.50. The van der Waals surface area contributed by atoms with Gasteiger partial charge in [-0.3, -0.25) is 5.10 Å². The number of hydrogen-bond donors (Lipinski definition) is 2. The first-order valence-electron chi connectivity index (χ1n) is 5.98. The third-order valence-electron chi connectivity index (χ3n) is 3.69. The van der Waals surface area contributed by atoms with Crippen molar-refractivity contribution in [1.82, 2.24) is 15.5 Å². The molecular weight excluding hydrogens is 280 g/mol. The zero-order chi connectivity index (χ0) is 12.3. The van der Waals surface area contributed by atoms with Crippen molar-refractivity contribution in [2.45, 2.75) is 25.8 Å². The molecule has 1 aliphatic heterocycles. The molecule has 0 aromatic carbocycles. The van der Waals surface area contributed by atoms with Gasteiger partial charge in [-0.15, -0.1) is 0 Å². The van der Waals surface area contributed by atoms with Crippen molar-refractivity contribution in [3.8, 4) is 6.07 Å². The van der Waals surface area contributed by atoms with Crippen LogP contribution >= 0.6 is 15.9 Å². The number of nitrogens with zero attached hydrogens (tertiary/aromatic N) is 2. The lowest BCUT2D eigenvalue weighted by Crippen LogP contribution is -2.56. The van der Waals surface area contributed by atoms with Crippen LogP contribution in [0.5, 0.6) is 0 Å². The van der Waals surface area contributed by atoms with E-state index >= 15 is 0 Å². The van der Waals surface area contributed by atoms with Crippen molar-refractivity contribution in [3.63, 3.8) is 0 Å². The number of H-pyrrole nitrogens is 1. The molecule has 4 nitrogen and oxygen atoms in total. The Morgan fingerprint density at radius 3 is 3.12 bits per heavy atom. The molecule has 0 bridgehead atoms. The molecule has 0 saturated carbocycles. The van der Waals surface area contributed by atoms with Gasteiger partial charge in [0.1, 0.15) is 6.07 Å². The number of hydrogen-bond acceptors (Lipinski definition) is 3. The summed E-state index contributed by atoms with van der Waals surface area (Å²) in [7, 11) is 0. The Balaban J connectivity index is 1.94. The minimum absolute atomic E-state index is 0.483. The Bertz CT molecular complexity index is 409. The van der Waals surface area contributed by atoms with Gasteiger partial charge in [0.2, 0.25) is 0 Å². The highest BCUT2D eigenvalue weighted by Gasteiger charge is 2.34. The third-order valence-corrected chi connectivity index (χ3v) is 4.15. The largest absolute Gasteiger partial charge is 0.313 e. The van der Waals surface area contributed by atoms with Gasteiger partial charge in [0.15, 0.2) is 0 Å². The van der Waals surface area contributed by atoms with E-state index in [1.165, 1.54) is 6.42 Å². The highest BCUT2D eigenvalue weighted by Crippen LogP contribution is 2.28. The molecule has 1 aromatic rings. The summed E-state index contributed by atoms with van der Waals surface area (Å²) in [5, 5.41) is 20.3. The normalized spacial score (nSPS) is 25.0. The number of halogens is 1. The van der Waals surface area contributed by atoms with Gasteiger partial charge in [-0.2, -0.15) is 10.4 Å². The summed E-state index contributed by atoms with van der Waals surface area (Å²) >= 11 is 3.50. The van der Waals surface area contributed by atoms with Crippen LogP contribution in [-0.4, -0.2) is 28.1 Å². The fourth-order valence-electron chi connectivity index (χ4n) is 2.41. The minimum atomic E-state index is 0.483. The van der Waals surface area contributed by atoms with Crippen molar-refractivity contribution in [2.75, 3.05) is 11.9 Å². The van der Waals surface area contributed by atoms with Crippen LogP contribution in [0, 0.1) is 23.2 Å². The number of aromatic nitrogens is 2. The van der Waals surface area contributed by atoms with E-state index in [0.717, 1.165) is 24.0 Å². The van der Waals surface area contributed by atoms with Crippen molar-refractivity contribution in [1.29, 1.82) is 5.26 Å². The standard InChI is InChI=1S/C12H17BrN4/c1-8(2-3-13)10-7-15-12(10)4-11-9(5-14)6-16-17-11/h6,8,10,12,15H,2-4,7H2,1H3,(H,16,17)/t8-,10-,12?/m1/s1. The summed E-state index contributed by atoms with van der Waals surface area (Å²) in [5.41, 5.74) is 1.63. The fourth-order valence-corrected chi connectivity index (χ4v) is 3.13. The van der Waals surface area contributed by atoms with Crippen molar-refractivity contribution < 1.29 is 0 Å². The molecule has 5 heteroatoms. The molecule has 1 fully saturated rings. The summed E-state index contributed by atoms with van der Waals surface area (Å²) in [6, 6.07) is 2.65. The molecule has 2 N–H and O–H groups in total. The van der Waals surface area contributed by atoms with E-state index < -0.39 is 0 Å². The second kappa shape index (κ2) is 5.65. The topological polar surface area (TPSA) is 64.5 Å². The Kier molecular flexibility index (Phi) is 4.19. The first-order chi connectivity index (χ1) is 8.26. The molecule has 1 unspecified atom stereocenters. The summed E-state index contributed by atoms with van der Waals surface area (Å²) < 4.78 is 0. The highest BCUT2D eigenvalue weighted by molar-refractivity contribution is 9.09. The number of alkyl halides is 1. The number of nitriles is 1. The summed E-state index contributed by atoms with van der Waals surface area (Å²) in [4.78, 5) is 0. The van der Waals surface area contributed by atoms with Crippen LogP contribution in [0.4, 0.5) is 0 Å². The molecule has 0 amide bonds. The molecule has 2 rings (SSSR count). The highest BCUT2D eigenvalue weighted by atomic mass is 79.9. The molecule has 1 aliphatic rings. The van der Waals surface area contributed by atoms with Crippen molar-refractivity contribution in [3.05, 3.63) is 17.5 Å².